The van der Waals surface area contributed by atoms with Crippen LogP contribution >= 0.6 is 34.4 Å². The van der Waals surface area contributed by atoms with E-state index in [9.17, 15) is 9.59 Å². The summed E-state index contributed by atoms with van der Waals surface area (Å²) in [5.41, 5.74) is 1.72. The normalized spacial score (nSPS) is 16.0. The topological polar surface area (TPSA) is 55.8 Å². The number of fused-ring (bicyclic) bond motifs is 1. The lowest BCUT2D eigenvalue weighted by Gasteiger charge is -2.17. The van der Waals surface area contributed by atoms with E-state index in [4.69, 9.17) is 9.47 Å². The molecule has 170 valence electrons. The Bertz CT molecular complexity index is 1250. The van der Waals surface area contributed by atoms with Gasteiger partial charge in [0.1, 0.15) is 0 Å². The van der Waals surface area contributed by atoms with Crippen LogP contribution in [0.5, 0.6) is 11.5 Å². The Morgan fingerprint density at radius 3 is 2.64 bits per heavy atom. The molecule has 0 bridgehead atoms. The molecule has 33 heavy (non-hydrogen) atoms. The predicted octanol–water partition coefficient (Wildman–Crippen LogP) is 6.87. The third kappa shape index (κ3) is 5.04. The Morgan fingerprint density at radius 1 is 1.12 bits per heavy atom. The minimum atomic E-state index is -0.285. The van der Waals surface area contributed by atoms with E-state index in [1.807, 2.05) is 61.5 Å². The number of carbonyl (C=O) groups excluding carboxylic acids is 2. The van der Waals surface area contributed by atoms with Crippen molar-refractivity contribution in [1.82, 2.24) is 4.90 Å². The molecular weight excluding hydrogens is 549 g/mol. The lowest BCUT2D eigenvalue weighted by molar-refractivity contribution is -0.123. The molecule has 1 saturated heterocycles. The number of thioether (sulfide) groups is 1. The number of imide groups is 1. The second-order valence-corrected chi connectivity index (χ2v) is 9.93. The number of halogens is 1. The lowest BCUT2D eigenvalue weighted by atomic mass is 10.0. The summed E-state index contributed by atoms with van der Waals surface area (Å²) < 4.78 is 12.4. The molecule has 2 amide bonds. The molecule has 3 aromatic rings. The van der Waals surface area contributed by atoms with E-state index in [0.29, 0.717) is 16.4 Å². The van der Waals surface area contributed by atoms with Gasteiger partial charge >= 0.3 is 0 Å². The zero-order valence-electron chi connectivity index (χ0n) is 18.6. The molecule has 1 fully saturated rings. The highest BCUT2D eigenvalue weighted by molar-refractivity contribution is 14.1. The van der Waals surface area contributed by atoms with Crippen molar-refractivity contribution in [3.8, 4) is 11.5 Å². The third-order valence-electron chi connectivity index (χ3n) is 5.53. The first-order valence-electron chi connectivity index (χ1n) is 10.7. The highest BCUT2D eigenvalue weighted by Gasteiger charge is 2.35. The van der Waals surface area contributed by atoms with Gasteiger partial charge in [-0.25, -0.2) is 0 Å². The Morgan fingerprint density at radius 2 is 1.88 bits per heavy atom. The number of hydrogen-bond acceptors (Lipinski definition) is 5. The van der Waals surface area contributed by atoms with Gasteiger partial charge in [0.25, 0.3) is 11.1 Å². The number of rotatable bonds is 7. The summed E-state index contributed by atoms with van der Waals surface area (Å²) in [6.45, 7) is 4.31. The van der Waals surface area contributed by atoms with Gasteiger partial charge in [0, 0.05) is 0 Å². The van der Waals surface area contributed by atoms with Gasteiger partial charge in [0.15, 0.2) is 11.5 Å². The maximum Gasteiger partial charge on any atom is 0.293 e. The molecule has 5 nitrogen and oxygen atoms in total. The largest absolute Gasteiger partial charge is 0.493 e. The Balaban J connectivity index is 1.61. The fourth-order valence-corrected chi connectivity index (χ4v) is 5.20. The van der Waals surface area contributed by atoms with Crippen LogP contribution in [0, 0.1) is 3.57 Å². The van der Waals surface area contributed by atoms with Crippen molar-refractivity contribution in [1.29, 1.82) is 0 Å². The minimum absolute atomic E-state index is 0.0591. The molecule has 1 atom stereocenters. The summed E-state index contributed by atoms with van der Waals surface area (Å²) >= 11 is 3.17. The molecular formula is C26H24INO4S. The van der Waals surface area contributed by atoms with E-state index in [-0.39, 0.29) is 23.8 Å². The van der Waals surface area contributed by atoms with Crippen LogP contribution in [0.3, 0.4) is 0 Å². The van der Waals surface area contributed by atoms with Crippen molar-refractivity contribution in [2.24, 2.45) is 0 Å². The van der Waals surface area contributed by atoms with Crippen molar-refractivity contribution in [2.45, 2.75) is 32.9 Å². The second kappa shape index (κ2) is 10.2. The molecule has 3 aromatic carbocycles. The molecule has 0 N–H and O–H groups in total. The van der Waals surface area contributed by atoms with Crippen LogP contribution in [0.4, 0.5) is 4.79 Å². The standard InChI is InChI=1S/C26H24INO4S/c1-4-16(2)32-24-21(27)12-17(13-22(24)31-3)14-23-25(29)28(26(30)33-23)15-19-10-7-9-18-8-5-6-11-20(18)19/h5-14,16H,4,15H2,1-3H3/b23-14+. The molecule has 0 saturated carbocycles. The van der Waals surface area contributed by atoms with Gasteiger partial charge in [0.05, 0.1) is 28.2 Å². The molecule has 0 aliphatic carbocycles. The van der Waals surface area contributed by atoms with Crippen molar-refractivity contribution < 1.29 is 19.1 Å². The van der Waals surface area contributed by atoms with E-state index in [1.54, 1.807) is 13.2 Å². The van der Waals surface area contributed by atoms with Crippen LogP contribution in [0.2, 0.25) is 0 Å². The summed E-state index contributed by atoms with van der Waals surface area (Å²) in [7, 11) is 1.59. The van der Waals surface area contributed by atoms with Gasteiger partial charge in [0.2, 0.25) is 0 Å². The number of nitrogens with zero attached hydrogens (tertiary/aromatic N) is 1. The van der Waals surface area contributed by atoms with Crippen LogP contribution in [-0.2, 0) is 11.3 Å². The number of hydrogen-bond donors (Lipinski definition) is 0. The zero-order valence-corrected chi connectivity index (χ0v) is 21.6. The Hall–Kier alpha value is -2.52. The maximum atomic E-state index is 13.1. The summed E-state index contributed by atoms with van der Waals surface area (Å²) in [5.74, 6) is 1.00. The first-order chi connectivity index (χ1) is 15.9. The second-order valence-electron chi connectivity index (χ2n) is 7.78. The molecule has 1 aliphatic heterocycles. The molecule has 0 spiro atoms. The van der Waals surface area contributed by atoms with Gasteiger partial charge in [-0.3, -0.25) is 14.5 Å². The smallest absolute Gasteiger partial charge is 0.293 e. The third-order valence-corrected chi connectivity index (χ3v) is 7.23. The van der Waals surface area contributed by atoms with E-state index >= 15 is 0 Å². The monoisotopic (exact) mass is 573 g/mol. The molecule has 7 heteroatoms. The number of ether oxygens (including phenoxy) is 2. The van der Waals surface area contributed by atoms with Crippen LogP contribution in [0.15, 0.2) is 59.5 Å². The predicted molar refractivity (Wildman–Crippen MR) is 142 cm³/mol. The van der Waals surface area contributed by atoms with E-state index in [0.717, 1.165) is 43.7 Å². The van der Waals surface area contributed by atoms with Crippen molar-refractivity contribution in [3.63, 3.8) is 0 Å². The summed E-state index contributed by atoms with van der Waals surface area (Å²) in [6, 6.07) is 17.7. The first kappa shape index (κ1) is 23.6. The quantitative estimate of drug-likeness (QED) is 0.228. The fraction of sp³-hybridized carbons (Fsp3) is 0.231. The number of benzene rings is 3. The SMILES string of the molecule is CCC(C)Oc1c(I)cc(/C=C2/SC(=O)N(Cc3cccc4ccccc34)C2=O)cc1OC. The van der Waals surface area contributed by atoms with Crippen LogP contribution < -0.4 is 9.47 Å². The van der Waals surface area contributed by atoms with Crippen molar-refractivity contribution >= 4 is 62.3 Å². The molecule has 1 heterocycles. The van der Waals surface area contributed by atoms with Gasteiger partial charge < -0.3 is 9.47 Å². The average Bonchev–Trinajstić information content (AvgIpc) is 3.07. The van der Waals surface area contributed by atoms with Crippen molar-refractivity contribution in [3.05, 3.63) is 74.2 Å². The van der Waals surface area contributed by atoms with E-state index in [1.165, 1.54) is 4.90 Å². The maximum absolute atomic E-state index is 13.1. The highest BCUT2D eigenvalue weighted by atomic mass is 127. The molecule has 1 unspecified atom stereocenters. The average molecular weight is 573 g/mol. The van der Waals surface area contributed by atoms with Gasteiger partial charge in [-0.05, 0) is 87.8 Å². The lowest BCUT2D eigenvalue weighted by Crippen LogP contribution is -2.27. The van der Waals surface area contributed by atoms with Gasteiger partial charge in [-0.1, -0.05) is 49.4 Å². The molecule has 0 aromatic heterocycles. The summed E-state index contributed by atoms with van der Waals surface area (Å²) in [4.78, 5) is 27.5. The van der Waals surface area contributed by atoms with Gasteiger partial charge in [-0.15, -0.1) is 0 Å². The van der Waals surface area contributed by atoms with Crippen molar-refractivity contribution in [2.75, 3.05) is 7.11 Å². The minimum Gasteiger partial charge on any atom is -0.493 e. The fourth-order valence-electron chi connectivity index (χ4n) is 3.61. The van der Waals surface area contributed by atoms with Crippen LogP contribution in [0.1, 0.15) is 31.4 Å². The number of methoxy groups -OCH3 is 1. The van der Waals surface area contributed by atoms with Gasteiger partial charge in [-0.2, -0.15) is 0 Å². The van der Waals surface area contributed by atoms with E-state index < -0.39 is 0 Å². The highest BCUT2D eigenvalue weighted by Crippen LogP contribution is 2.38. The summed E-state index contributed by atoms with van der Waals surface area (Å²) in [5, 5.41) is 1.86. The Labute approximate surface area is 211 Å². The number of amides is 2. The van der Waals surface area contributed by atoms with Crippen LogP contribution in [0.25, 0.3) is 16.8 Å². The van der Waals surface area contributed by atoms with Crippen LogP contribution in [-0.4, -0.2) is 29.3 Å². The summed E-state index contributed by atoms with van der Waals surface area (Å²) in [6.07, 6.45) is 2.68. The molecule has 0 radical (unpaired) electrons. The van der Waals surface area contributed by atoms with E-state index in [2.05, 4.69) is 29.5 Å². The first-order valence-corrected chi connectivity index (χ1v) is 12.6. The molecule has 1 aliphatic rings. The Kier molecular flexibility index (Phi) is 7.29. The zero-order chi connectivity index (χ0) is 23.5. The number of carbonyl (C=O) groups is 2. The molecule has 4 rings (SSSR count).